The van der Waals surface area contributed by atoms with Crippen molar-refractivity contribution in [1.29, 1.82) is 0 Å². The monoisotopic (exact) mass is 328 g/mol. The van der Waals surface area contributed by atoms with Crippen molar-refractivity contribution >= 4 is 14.2 Å². The summed E-state index contributed by atoms with van der Waals surface area (Å²) >= 11 is 0. The van der Waals surface area contributed by atoms with Crippen LogP contribution in [0.25, 0.3) is 0 Å². The molecule has 22 heavy (non-hydrogen) atoms. The highest BCUT2D eigenvalue weighted by Crippen LogP contribution is 2.36. The molecule has 0 aromatic heterocycles. The average Bonchev–Trinajstić information content (AvgIpc) is 2.33. The van der Waals surface area contributed by atoms with Crippen molar-refractivity contribution in [2.45, 2.75) is 71.6 Å². The highest BCUT2D eigenvalue weighted by Gasteiger charge is 2.37. The normalized spacial score (nSPS) is 18.9. The van der Waals surface area contributed by atoms with Gasteiger partial charge in [0.2, 0.25) is 5.91 Å². The van der Waals surface area contributed by atoms with Crippen LogP contribution in [0.4, 0.5) is 0 Å². The molecule has 4 nitrogen and oxygen atoms in total. The number of carbonyl (C=O) groups is 1. The lowest BCUT2D eigenvalue weighted by Crippen LogP contribution is -2.56. The fraction of sp³-hybridized carbons (Fsp3) is 0.941. The van der Waals surface area contributed by atoms with Crippen molar-refractivity contribution < 1.29 is 9.22 Å². The molecule has 130 valence electrons. The number of amides is 1. The Labute approximate surface area is 138 Å². The molecule has 1 heterocycles. The van der Waals surface area contributed by atoms with Gasteiger partial charge in [-0.1, -0.05) is 20.8 Å². The summed E-state index contributed by atoms with van der Waals surface area (Å²) in [4.78, 5) is 16.5. The van der Waals surface area contributed by atoms with Crippen molar-refractivity contribution in [2.24, 2.45) is 0 Å². The Balaban J connectivity index is 2.34. The summed E-state index contributed by atoms with van der Waals surface area (Å²) in [6.07, 6.45) is 0.938. The van der Waals surface area contributed by atoms with E-state index < -0.39 is 8.32 Å². The summed E-state index contributed by atoms with van der Waals surface area (Å²) in [7, 11) is -1.66. The number of piperazine rings is 1. The van der Waals surface area contributed by atoms with Gasteiger partial charge in [0.05, 0.1) is 6.54 Å². The minimum absolute atomic E-state index is 0.0766. The predicted molar refractivity (Wildman–Crippen MR) is 95.7 cm³/mol. The van der Waals surface area contributed by atoms with Gasteiger partial charge in [0.1, 0.15) is 0 Å². The first kappa shape index (κ1) is 19.7. The molecular formula is C17H36N2O2Si. The molecule has 0 spiro atoms. The molecule has 0 atom stereocenters. The Bertz CT molecular complexity index is 383. The summed E-state index contributed by atoms with van der Waals surface area (Å²) in [5.74, 6) is 0.258. The molecule has 1 aliphatic heterocycles. The first-order chi connectivity index (χ1) is 9.84. The van der Waals surface area contributed by atoms with Gasteiger partial charge in [0, 0.05) is 31.8 Å². The third kappa shape index (κ3) is 5.35. The van der Waals surface area contributed by atoms with Crippen molar-refractivity contribution in [1.82, 2.24) is 9.80 Å². The molecule has 0 unspecified atom stereocenters. The van der Waals surface area contributed by atoms with Crippen molar-refractivity contribution in [3.05, 3.63) is 0 Å². The van der Waals surface area contributed by atoms with E-state index in [1.807, 2.05) is 4.90 Å². The Kier molecular flexibility index (Phi) is 6.27. The van der Waals surface area contributed by atoms with Crippen LogP contribution in [0, 0.1) is 0 Å². The zero-order valence-electron chi connectivity index (χ0n) is 16.0. The standard InChI is InChI=1S/C17H36N2O2Si/c1-16(2,3)19-12-11-18(15(20)14-19)10-9-13-21-22(7,8)17(4,5)6/h9-14H2,1-8H3. The molecule has 1 amide bonds. The van der Waals surface area contributed by atoms with Crippen LogP contribution < -0.4 is 0 Å². The lowest BCUT2D eigenvalue weighted by molar-refractivity contribution is -0.138. The van der Waals surface area contributed by atoms with E-state index in [0.717, 1.165) is 32.7 Å². The first-order valence-electron chi connectivity index (χ1n) is 8.51. The van der Waals surface area contributed by atoms with Gasteiger partial charge in [0.25, 0.3) is 0 Å². The fourth-order valence-electron chi connectivity index (χ4n) is 2.32. The SMILES string of the molecule is CC(C)(C)N1CCN(CCCO[Si](C)(C)C(C)(C)C)C(=O)C1. The average molecular weight is 329 g/mol. The highest BCUT2D eigenvalue weighted by atomic mass is 28.4. The molecule has 5 heteroatoms. The lowest BCUT2D eigenvalue weighted by Gasteiger charge is -2.42. The van der Waals surface area contributed by atoms with Crippen LogP contribution in [0.5, 0.6) is 0 Å². The topological polar surface area (TPSA) is 32.8 Å². The van der Waals surface area contributed by atoms with E-state index in [4.69, 9.17) is 4.43 Å². The molecule has 1 aliphatic rings. The van der Waals surface area contributed by atoms with Crippen LogP contribution in [0.15, 0.2) is 0 Å². The third-order valence-electron chi connectivity index (χ3n) is 5.11. The number of hydrogen-bond acceptors (Lipinski definition) is 3. The smallest absolute Gasteiger partial charge is 0.236 e. The Morgan fingerprint density at radius 2 is 1.68 bits per heavy atom. The molecule has 1 fully saturated rings. The maximum absolute atomic E-state index is 12.3. The number of rotatable bonds is 5. The maximum atomic E-state index is 12.3. The van der Waals surface area contributed by atoms with E-state index in [0.29, 0.717) is 6.54 Å². The van der Waals surface area contributed by atoms with Crippen molar-refractivity contribution in [3.8, 4) is 0 Å². The van der Waals surface area contributed by atoms with Gasteiger partial charge in [0.15, 0.2) is 8.32 Å². The molecule has 0 saturated carbocycles. The van der Waals surface area contributed by atoms with Crippen molar-refractivity contribution in [3.63, 3.8) is 0 Å². The Morgan fingerprint density at radius 1 is 1.09 bits per heavy atom. The van der Waals surface area contributed by atoms with Gasteiger partial charge in [-0.2, -0.15) is 0 Å². The van der Waals surface area contributed by atoms with Crippen molar-refractivity contribution in [2.75, 3.05) is 32.8 Å². The summed E-state index contributed by atoms with van der Waals surface area (Å²) < 4.78 is 6.19. The molecule has 1 saturated heterocycles. The number of hydrogen-bond donors (Lipinski definition) is 0. The minimum Gasteiger partial charge on any atom is -0.417 e. The fourth-order valence-corrected chi connectivity index (χ4v) is 3.40. The first-order valence-corrected chi connectivity index (χ1v) is 11.4. The molecule has 0 aliphatic carbocycles. The maximum Gasteiger partial charge on any atom is 0.236 e. The molecule has 0 N–H and O–H groups in total. The van der Waals surface area contributed by atoms with Crippen LogP contribution >= 0.6 is 0 Å². The van der Waals surface area contributed by atoms with Crippen LogP contribution in [0.1, 0.15) is 48.0 Å². The Morgan fingerprint density at radius 3 is 2.14 bits per heavy atom. The molecule has 1 rings (SSSR count). The zero-order chi connectivity index (χ0) is 17.2. The lowest BCUT2D eigenvalue weighted by atomic mass is 10.0. The van der Waals surface area contributed by atoms with E-state index in [1.165, 1.54) is 0 Å². The summed E-state index contributed by atoms with van der Waals surface area (Å²) in [5.41, 5.74) is 0.0766. The molecule has 0 radical (unpaired) electrons. The van der Waals surface area contributed by atoms with Gasteiger partial charge in [-0.05, 0) is 45.3 Å². The van der Waals surface area contributed by atoms with Crippen LogP contribution in [0.3, 0.4) is 0 Å². The van der Waals surface area contributed by atoms with Gasteiger partial charge >= 0.3 is 0 Å². The quantitative estimate of drug-likeness (QED) is 0.573. The summed E-state index contributed by atoms with van der Waals surface area (Å²) in [6.45, 7) is 21.8. The Hall–Kier alpha value is -0.393. The van der Waals surface area contributed by atoms with Gasteiger partial charge in [-0.3, -0.25) is 9.69 Å². The van der Waals surface area contributed by atoms with E-state index >= 15 is 0 Å². The van der Waals surface area contributed by atoms with Gasteiger partial charge in [-0.15, -0.1) is 0 Å². The predicted octanol–water partition coefficient (Wildman–Crippen LogP) is 3.34. The largest absolute Gasteiger partial charge is 0.417 e. The molecule has 0 aromatic rings. The van der Waals surface area contributed by atoms with Gasteiger partial charge in [-0.25, -0.2) is 0 Å². The second kappa shape index (κ2) is 7.01. The van der Waals surface area contributed by atoms with E-state index in [-0.39, 0.29) is 16.5 Å². The molecule has 0 bridgehead atoms. The molecule has 0 aromatic carbocycles. The highest BCUT2D eigenvalue weighted by molar-refractivity contribution is 6.74. The van der Waals surface area contributed by atoms with Crippen LogP contribution in [-0.4, -0.2) is 62.3 Å². The molecular weight excluding hydrogens is 292 g/mol. The summed E-state index contributed by atoms with van der Waals surface area (Å²) in [6, 6.07) is 0. The van der Waals surface area contributed by atoms with Gasteiger partial charge < -0.3 is 9.33 Å². The number of carbonyl (C=O) groups excluding carboxylic acids is 1. The minimum atomic E-state index is -1.66. The van der Waals surface area contributed by atoms with E-state index in [2.05, 4.69) is 59.5 Å². The van der Waals surface area contributed by atoms with E-state index in [9.17, 15) is 4.79 Å². The van der Waals surface area contributed by atoms with E-state index in [1.54, 1.807) is 0 Å². The third-order valence-corrected chi connectivity index (χ3v) is 9.65. The second-order valence-electron chi connectivity index (χ2n) is 8.94. The van der Waals surface area contributed by atoms with Crippen LogP contribution in [-0.2, 0) is 9.22 Å². The zero-order valence-corrected chi connectivity index (χ0v) is 17.0. The number of nitrogens with zero attached hydrogens (tertiary/aromatic N) is 2. The van der Waals surface area contributed by atoms with Crippen LogP contribution in [0.2, 0.25) is 18.1 Å². The summed E-state index contributed by atoms with van der Waals surface area (Å²) in [5, 5.41) is 0.251. The second-order valence-corrected chi connectivity index (χ2v) is 13.7.